The van der Waals surface area contributed by atoms with Gasteiger partial charge in [0.25, 0.3) is 0 Å². The molecule has 1 unspecified atom stereocenters. The number of hydrogen-bond acceptors (Lipinski definition) is 1. The highest BCUT2D eigenvalue weighted by Gasteiger charge is 2.20. The second kappa shape index (κ2) is 6.89. The molecular weight excluding hydrogens is 225 g/mol. The van der Waals surface area contributed by atoms with Gasteiger partial charge in [-0.05, 0) is 56.0 Å². The predicted octanol–water partition coefficient (Wildman–Crippen LogP) is 3.78. The largest absolute Gasteiger partial charge is 0.319 e. The van der Waals surface area contributed by atoms with Crippen molar-refractivity contribution in [1.29, 1.82) is 0 Å². The Morgan fingerprint density at radius 3 is 2.50 bits per heavy atom. The molecule has 1 nitrogen and oxygen atoms in total. The highest BCUT2D eigenvalue weighted by Crippen LogP contribution is 2.31. The number of benzene rings is 1. The third kappa shape index (κ3) is 4.09. The van der Waals surface area contributed by atoms with Crippen LogP contribution in [0.1, 0.15) is 37.7 Å². The number of hydrogen-bond donors (Lipinski definition) is 1. The van der Waals surface area contributed by atoms with Gasteiger partial charge in [0.15, 0.2) is 0 Å². The van der Waals surface area contributed by atoms with Crippen molar-refractivity contribution < 1.29 is 4.39 Å². The van der Waals surface area contributed by atoms with Gasteiger partial charge in [0.05, 0.1) is 0 Å². The van der Waals surface area contributed by atoms with Gasteiger partial charge in [0, 0.05) is 0 Å². The van der Waals surface area contributed by atoms with Crippen molar-refractivity contribution in [3.8, 4) is 0 Å². The zero-order valence-electron chi connectivity index (χ0n) is 11.3. The fourth-order valence-corrected chi connectivity index (χ4v) is 3.20. The van der Waals surface area contributed by atoms with Gasteiger partial charge in [0.2, 0.25) is 0 Å². The van der Waals surface area contributed by atoms with E-state index in [1.165, 1.54) is 37.7 Å². The Balaban J connectivity index is 1.90. The van der Waals surface area contributed by atoms with Crippen LogP contribution in [0, 0.1) is 17.7 Å². The molecule has 1 aliphatic carbocycles. The Kier molecular flexibility index (Phi) is 5.18. The molecule has 0 saturated heterocycles. The van der Waals surface area contributed by atoms with E-state index in [1.807, 2.05) is 19.2 Å². The summed E-state index contributed by atoms with van der Waals surface area (Å²) in [5.74, 6) is 1.46. The van der Waals surface area contributed by atoms with Gasteiger partial charge in [-0.3, -0.25) is 0 Å². The average molecular weight is 249 g/mol. The Labute approximate surface area is 110 Å². The van der Waals surface area contributed by atoms with Crippen molar-refractivity contribution in [2.75, 3.05) is 13.6 Å². The van der Waals surface area contributed by atoms with E-state index < -0.39 is 0 Å². The number of rotatable bonds is 6. The van der Waals surface area contributed by atoms with Crippen molar-refractivity contribution in [3.63, 3.8) is 0 Å². The summed E-state index contributed by atoms with van der Waals surface area (Å²) in [6, 6.07) is 6.99. The molecule has 0 heterocycles. The Hall–Kier alpha value is -0.890. The van der Waals surface area contributed by atoms with E-state index >= 15 is 0 Å². The highest BCUT2D eigenvalue weighted by molar-refractivity contribution is 5.16. The summed E-state index contributed by atoms with van der Waals surface area (Å²) in [7, 11) is 2.02. The molecule has 1 aliphatic rings. The molecule has 1 aromatic rings. The van der Waals surface area contributed by atoms with Gasteiger partial charge in [-0.1, -0.05) is 37.8 Å². The van der Waals surface area contributed by atoms with Crippen LogP contribution in [0.3, 0.4) is 0 Å². The normalized spacial score (nSPS) is 18.1. The lowest BCUT2D eigenvalue weighted by molar-refractivity contribution is 0.364. The fourth-order valence-electron chi connectivity index (χ4n) is 3.20. The molecule has 1 aromatic carbocycles. The SMILES string of the molecule is CNCC(Cc1ccc(F)cc1)CC1CCCC1. The van der Waals surface area contributed by atoms with Gasteiger partial charge >= 0.3 is 0 Å². The smallest absolute Gasteiger partial charge is 0.123 e. The molecular formula is C16H24FN. The van der Waals surface area contributed by atoms with Gasteiger partial charge in [-0.15, -0.1) is 0 Å². The van der Waals surface area contributed by atoms with Gasteiger partial charge in [-0.2, -0.15) is 0 Å². The summed E-state index contributed by atoms with van der Waals surface area (Å²) < 4.78 is 12.9. The van der Waals surface area contributed by atoms with E-state index in [0.29, 0.717) is 5.92 Å². The Morgan fingerprint density at radius 2 is 1.89 bits per heavy atom. The zero-order valence-corrected chi connectivity index (χ0v) is 11.3. The molecule has 0 aliphatic heterocycles. The maximum absolute atomic E-state index is 12.9. The lowest BCUT2D eigenvalue weighted by Crippen LogP contribution is -2.22. The summed E-state index contributed by atoms with van der Waals surface area (Å²) in [4.78, 5) is 0. The van der Waals surface area contributed by atoms with Crippen LogP contribution in [0.25, 0.3) is 0 Å². The first-order valence-electron chi connectivity index (χ1n) is 7.17. The molecule has 0 bridgehead atoms. The first kappa shape index (κ1) is 13.5. The lowest BCUT2D eigenvalue weighted by Gasteiger charge is -2.20. The zero-order chi connectivity index (χ0) is 12.8. The predicted molar refractivity (Wildman–Crippen MR) is 74.1 cm³/mol. The second-order valence-corrected chi connectivity index (χ2v) is 5.64. The molecule has 1 saturated carbocycles. The minimum absolute atomic E-state index is 0.139. The average Bonchev–Trinajstić information content (AvgIpc) is 2.85. The molecule has 18 heavy (non-hydrogen) atoms. The van der Waals surface area contributed by atoms with E-state index in [1.54, 1.807) is 12.1 Å². The molecule has 2 heteroatoms. The quantitative estimate of drug-likeness (QED) is 0.809. The third-order valence-electron chi connectivity index (χ3n) is 4.07. The summed E-state index contributed by atoms with van der Waals surface area (Å²) in [5, 5.41) is 3.30. The van der Waals surface area contributed by atoms with Crippen LogP contribution in [0.15, 0.2) is 24.3 Å². The molecule has 0 amide bonds. The van der Waals surface area contributed by atoms with Crippen molar-refractivity contribution in [3.05, 3.63) is 35.6 Å². The van der Waals surface area contributed by atoms with Gasteiger partial charge in [0.1, 0.15) is 5.82 Å². The van der Waals surface area contributed by atoms with Crippen LogP contribution in [-0.2, 0) is 6.42 Å². The topological polar surface area (TPSA) is 12.0 Å². The van der Waals surface area contributed by atoms with Crippen molar-refractivity contribution in [2.24, 2.45) is 11.8 Å². The summed E-state index contributed by atoms with van der Waals surface area (Å²) in [5.41, 5.74) is 1.26. The third-order valence-corrected chi connectivity index (χ3v) is 4.07. The van der Waals surface area contributed by atoms with E-state index in [4.69, 9.17) is 0 Å². The summed E-state index contributed by atoms with van der Waals surface area (Å²) in [6.07, 6.45) is 8.02. The van der Waals surface area contributed by atoms with Crippen molar-refractivity contribution in [2.45, 2.75) is 38.5 Å². The van der Waals surface area contributed by atoms with E-state index in [9.17, 15) is 4.39 Å². The lowest BCUT2D eigenvalue weighted by atomic mass is 9.88. The van der Waals surface area contributed by atoms with E-state index in [0.717, 1.165) is 18.9 Å². The molecule has 1 N–H and O–H groups in total. The minimum atomic E-state index is -0.139. The molecule has 1 fully saturated rings. The number of nitrogens with one attached hydrogen (secondary N) is 1. The minimum Gasteiger partial charge on any atom is -0.319 e. The van der Waals surface area contributed by atoms with Crippen LogP contribution in [0.5, 0.6) is 0 Å². The van der Waals surface area contributed by atoms with Crippen molar-refractivity contribution in [1.82, 2.24) is 5.32 Å². The molecule has 0 aromatic heterocycles. The Bertz CT molecular complexity index is 341. The first-order chi connectivity index (χ1) is 8.78. The fraction of sp³-hybridized carbons (Fsp3) is 0.625. The van der Waals surface area contributed by atoms with Crippen LogP contribution in [0.4, 0.5) is 4.39 Å². The summed E-state index contributed by atoms with van der Waals surface area (Å²) >= 11 is 0. The van der Waals surface area contributed by atoms with Crippen molar-refractivity contribution >= 4 is 0 Å². The monoisotopic (exact) mass is 249 g/mol. The van der Waals surface area contributed by atoms with Gasteiger partial charge in [-0.25, -0.2) is 4.39 Å². The molecule has 1 atom stereocenters. The molecule has 2 rings (SSSR count). The Morgan fingerprint density at radius 1 is 1.22 bits per heavy atom. The van der Waals surface area contributed by atoms with E-state index in [-0.39, 0.29) is 5.82 Å². The van der Waals surface area contributed by atoms with Crippen LogP contribution < -0.4 is 5.32 Å². The van der Waals surface area contributed by atoms with Gasteiger partial charge < -0.3 is 5.32 Å². The molecule has 100 valence electrons. The standard InChI is InChI=1S/C16H24FN/c1-18-12-15(10-13-4-2-3-5-13)11-14-6-8-16(17)9-7-14/h6-9,13,15,18H,2-5,10-12H2,1H3. The highest BCUT2D eigenvalue weighted by atomic mass is 19.1. The number of halogens is 1. The second-order valence-electron chi connectivity index (χ2n) is 5.64. The van der Waals surface area contributed by atoms with Crippen LogP contribution in [0.2, 0.25) is 0 Å². The first-order valence-corrected chi connectivity index (χ1v) is 7.17. The summed E-state index contributed by atoms with van der Waals surface area (Å²) in [6.45, 7) is 1.06. The van der Waals surface area contributed by atoms with Crippen LogP contribution >= 0.6 is 0 Å². The van der Waals surface area contributed by atoms with E-state index in [2.05, 4.69) is 5.32 Å². The maximum Gasteiger partial charge on any atom is 0.123 e. The molecule has 0 spiro atoms. The van der Waals surface area contributed by atoms with Crippen LogP contribution in [-0.4, -0.2) is 13.6 Å². The maximum atomic E-state index is 12.9. The molecule has 0 radical (unpaired) electrons.